The van der Waals surface area contributed by atoms with Gasteiger partial charge >= 0.3 is 7.60 Å². The Kier molecular flexibility index (Phi) is 18.4. The third-order valence-corrected chi connectivity index (χ3v) is 7.81. The average molecular weight is 592 g/mol. The van der Waals surface area contributed by atoms with Gasteiger partial charge < -0.3 is 43.1 Å². The summed E-state index contributed by atoms with van der Waals surface area (Å²) in [6.45, 7) is 18.1. The Hall–Kier alpha value is -1.07. The van der Waals surface area contributed by atoms with Crippen LogP contribution in [0.1, 0.15) is 61.0 Å². The lowest BCUT2D eigenvalue weighted by atomic mass is 10.2. The molecule has 40 heavy (non-hydrogen) atoms. The molecule has 0 aliphatic heterocycles. The number of benzene rings is 1. The zero-order valence-electron chi connectivity index (χ0n) is 25.8. The van der Waals surface area contributed by atoms with E-state index >= 15 is 0 Å². The summed E-state index contributed by atoms with van der Waals surface area (Å²) in [5.74, 6) is 0. The van der Waals surface area contributed by atoms with Crippen LogP contribution in [0.15, 0.2) is 24.3 Å². The first-order valence-electron chi connectivity index (χ1n) is 14.4. The molecule has 1 rings (SSSR count). The molecule has 0 aromatic heterocycles. The molecule has 0 saturated heterocycles. The van der Waals surface area contributed by atoms with Crippen molar-refractivity contribution in [1.29, 1.82) is 0 Å². The van der Waals surface area contributed by atoms with Gasteiger partial charge in [0.25, 0.3) is 0 Å². The van der Waals surface area contributed by atoms with E-state index in [1.807, 2.05) is 52.0 Å². The third-order valence-electron chi connectivity index (χ3n) is 5.76. The fourth-order valence-corrected chi connectivity index (χ4v) is 5.57. The topological polar surface area (TPSA) is 116 Å². The van der Waals surface area contributed by atoms with Gasteiger partial charge in [-0.25, -0.2) is 0 Å². The Morgan fingerprint density at radius 3 is 1.45 bits per heavy atom. The van der Waals surface area contributed by atoms with Crippen molar-refractivity contribution in [3.63, 3.8) is 0 Å². The molecule has 1 aromatic rings. The number of nitrogens with zero attached hydrogens (tertiary/aromatic N) is 1. The van der Waals surface area contributed by atoms with Crippen LogP contribution >= 0.6 is 7.60 Å². The van der Waals surface area contributed by atoms with Crippen LogP contribution in [0.25, 0.3) is 0 Å². The molecule has 6 atom stereocenters. The molecule has 0 radical (unpaired) electrons. The van der Waals surface area contributed by atoms with E-state index in [0.717, 1.165) is 11.3 Å². The summed E-state index contributed by atoms with van der Waals surface area (Å²) in [6.07, 6.45) is -1.30. The summed E-state index contributed by atoms with van der Waals surface area (Å²) in [5.41, 5.74) is 1.85. The molecular weight excluding hydrogens is 537 g/mol. The highest BCUT2D eigenvalue weighted by Crippen LogP contribution is 2.51. The molecule has 11 heteroatoms. The second kappa shape index (κ2) is 19.9. The minimum Gasteiger partial charge on any atom is -0.391 e. The molecule has 0 aliphatic rings. The van der Waals surface area contributed by atoms with Crippen LogP contribution < -0.4 is 4.90 Å². The average Bonchev–Trinajstić information content (AvgIpc) is 2.88. The summed E-state index contributed by atoms with van der Waals surface area (Å²) in [4.78, 5) is 2.20. The van der Waals surface area contributed by atoms with Crippen LogP contribution in [-0.2, 0) is 38.7 Å². The van der Waals surface area contributed by atoms with Gasteiger partial charge in [-0.2, -0.15) is 0 Å². The van der Waals surface area contributed by atoms with Gasteiger partial charge in [0.05, 0.1) is 82.4 Å². The molecule has 0 saturated carbocycles. The van der Waals surface area contributed by atoms with Gasteiger partial charge in [-0.3, -0.25) is 4.57 Å². The number of aliphatic hydroxyl groups is 2. The maximum Gasteiger partial charge on any atom is 0.335 e. The van der Waals surface area contributed by atoms with Crippen LogP contribution in [0.4, 0.5) is 5.69 Å². The fourth-order valence-electron chi connectivity index (χ4n) is 3.87. The van der Waals surface area contributed by atoms with E-state index in [-0.39, 0.29) is 43.8 Å². The number of ether oxygens (including phenoxy) is 4. The quantitative estimate of drug-likeness (QED) is 0.174. The van der Waals surface area contributed by atoms with Crippen molar-refractivity contribution in [1.82, 2.24) is 0 Å². The molecular formula is C29H54NO9P. The number of hydrogen-bond donors (Lipinski definition) is 2. The van der Waals surface area contributed by atoms with Crippen molar-refractivity contribution < 1.29 is 42.8 Å². The summed E-state index contributed by atoms with van der Waals surface area (Å²) in [7, 11) is -3.20. The lowest BCUT2D eigenvalue weighted by Crippen LogP contribution is -2.39. The summed E-state index contributed by atoms with van der Waals surface area (Å²) < 4.78 is 47.2. The zero-order chi connectivity index (χ0) is 30.1. The minimum atomic E-state index is -3.20. The van der Waals surface area contributed by atoms with Crippen molar-refractivity contribution in [3.05, 3.63) is 29.8 Å². The highest BCUT2D eigenvalue weighted by atomic mass is 31.2. The molecule has 0 heterocycles. The predicted molar refractivity (Wildman–Crippen MR) is 158 cm³/mol. The lowest BCUT2D eigenvalue weighted by Gasteiger charge is -2.31. The van der Waals surface area contributed by atoms with Gasteiger partial charge in [0.2, 0.25) is 0 Å². The van der Waals surface area contributed by atoms with Crippen LogP contribution in [0.3, 0.4) is 0 Å². The van der Waals surface area contributed by atoms with Gasteiger partial charge in [0.15, 0.2) is 0 Å². The Balaban J connectivity index is 2.90. The normalized spacial score (nSPS) is 16.8. The van der Waals surface area contributed by atoms with Gasteiger partial charge in [-0.05, 0) is 73.1 Å². The standard InChI is InChI=1S/C29H54NO9P/c1-9-38-40(33,39-10-2)21-28-11-13-29(14-12-28)30(15-24(5)36-19-26(7)34-17-22(3)31)16-25(6)37-20-27(8)35-18-23(4)32/h11-14,22-27,31-32H,9-10,15-21H2,1-8H3. The molecule has 10 nitrogen and oxygen atoms in total. The number of rotatable bonds is 23. The second-order valence-corrected chi connectivity index (χ2v) is 12.5. The van der Waals surface area contributed by atoms with Crippen molar-refractivity contribution in [2.45, 2.75) is 98.2 Å². The predicted octanol–water partition coefficient (Wildman–Crippen LogP) is 4.64. The molecule has 0 amide bonds. The van der Waals surface area contributed by atoms with Crippen LogP contribution in [0, 0.1) is 0 Å². The molecule has 2 N–H and O–H groups in total. The monoisotopic (exact) mass is 591 g/mol. The van der Waals surface area contributed by atoms with E-state index in [1.165, 1.54) is 0 Å². The highest BCUT2D eigenvalue weighted by molar-refractivity contribution is 7.53. The first-order chi connectivity index (χ1) is 18.9. The van der Waals surface area contributed by atoms with E-state index in [4.69, 9.17) is 28.0 Å². The van der Waals surface area contributed by atoms with Gasteiger partial charge in [-0.15, -0.1) is 0 Å². The lowest BCUT2D eigenvalue weighted by molar-refractivity contribution is -0.0548. The van der Waals surface area contributed by atoms with E-state index in [0.29, 0.717) is 39.5 Å². The van der Waals surface area contributed by atoms with E-state index in [1.54, 1.807) is 27.7 Å². The van der Waals surface area contributed by atoms with Crippen LogP contribution in [0.2, 0.25) is 0 Å². The third kappa shape index (κ3) is 16.4. The first-order valence-corrected chi connectivity index (χ1v) is 16.1. The molecule has 234 valence electrons. The zero-order valence-corrected chi connectivity index (χ0v) is 26.7. The summed E-state index contributed by atoms with van der Waals surface area (Å²) in [6, 6.07) is 7.89. The fraction of sp³-hybridized carbons (Fsp3) is 0.793. The first kappa shape index (κ1) is 37.0. The Morgan fingerprint density at radius 2 is 1.07 bits per heavy atom. The largest absolute Gasteiger partial charge is 0.391 e. The number of aliphatic hydroxyl groups excluding tert-OH is 2. The molecule has 0 bridgehead atoms. The second-order valence-electron chi connectivity index (χ2n) is 10.4. The molecule has 0 aliphatic carbocycles. The van der Waals surface area contributed by atoms with Crippen molar-refractivity contribution >= 4 is 13.3 Å². The smallest absolute Gasteiger partial charge is 0.335 e. The number of hydrogen-bond acceptors (Lipinski definition) is 10. The minimum absolute atomic E-state index is 0.103. The van der Waals surface area contributed by atoms with E-state index in [9.17, 15) is 14.8 Å². The number of anilines is 1. The molecule has 0 spiro atoms. The van der Waals surface area contributed by atoms with Gasteiger partial charge in [0, 0.05) is 18.8 Å². The maximum atomic E-state index is 13.0. The van der Waals surface area contributed by atoms with Crippen molar-refractivity contribution in [2.75, 3.05) is 57.6 Å². The molecule has 6 unspecified atom stereocenters. The maximum absolute atomic E-state index is 13.0. The van der Waals surface area contributed by atoms with Crippen molar-refractivity contribution in [3.8, 4) is 0 Å². The summed E-state index contributed by atoms with van der Waals surface area (Å²) in [5, 5.41) is 18.9. The van der Waals surface area contributed by atoms with E-state index < -0.39 is 19.8 Å². The van der Waals surface area contributed by atoms with Gasteiger partial charge in [-0.1, -0.05) is 12.1 Å². The molecule has 0 fully saturated rings. The Morgan fingerprint density at radius 1 is 0.675 bits per heavy atom. The Labute approximate surface area is 241 Å². The molecule has 1 aromatic carbocycles. The van der Waals surface area contributed by atoms with Crippen LogP contribution in [-0.4, -0.2) is 99.6 Å². The van der Waals surface area contributed by atoms with E-state index in [2.05, 4.69) is 4.90 Å². The van der Waals surface area contributed by atoms with Crippen molar-refractivity contribution in [2.24, 2.45) is 0 Å². The van der Waals surface area contributed by atoms with Gasteiger partial charge in [0.1, 0.15) is 0 Å². The summed E-state index contributed by atoms with van der Waals surface area (Å²) >= 11 is 0. The highest BCUT2D eigenvalue weighted by Gasteiger charge is 2.24. The SMILES string of the molecule is CCOP(=O)(Cc1ccc(N(CC(C)OCC(C)OCC(C)O)CC(C)OCC(C)OCC(C)O)cc1)OCC. The Bertz CT molecular complexity index is 784. The van der Waals surface area contributed by atoms with Crippen LogP contribution in [0.5, 0.6) is 0 Å².